The third-order valence-corrected chi connectivity index (χ3v) is 5.68. The molecule has 5 nitrogen and oxygen atoms in total. The molecule has 148 valence electrons. The van der Waals surface area contributed by atoms with Crippen molar-refractivity contribution in [1.82, 2.24) is 9.71 Å². The first-order chi connectivity index (χ1) is 14.0. The fraction of sp³-hybridized carbons (Fsp3) is 0.190. The zero-order chi connectivity index (χ0) is 20.8. The molecular weight excluding hydrogens is 407 g/mol. The molecule has 1 N–H and O–H groups in total. The lowest BCUT2D eigenvalue weighted by molar-refractivity contribution is 0.0980. The highest BCUT2D eigenvalue weighted by Gasteiger charge is 2.20. The topological polar surface area (TPSA) is 69.0 Å². The van der Waals surface area contributed by atoms with Crippen LogP contribution in [0.3, 0.4) is 0 Å². The molecule has 29 heavy (non-hydrogen) atoms. The standard InChI is InChI=1S/C21H19FN4OS2/c1-14-19(20(27)25-28-2)24-21(29-14)26(17-9-7-15(13-23)8-10-17)12-11-16-5-3-4-6-18(16)22/h3-10H,11-12H2,1-2H3,(H,25,27). The van der Waals surface area contributed by atoms with Gasteiger partial charge in [-0.2, -0.15) is 5.26 Å². The van der Waals surface area contributed by atoms with Gasteiger partial charge in [-0.1, -0.05) is 30.1 Å². The molecule has 0 aliphatic carbocycles. The molecule has 0 aliphatic heterocycles. The molecule has 0 spiro atoms. The molecule has 1 heterocycles. The normalized spacial score (nSPS) is 10.4. The van der Waals surface area contributed by atoms with E-state index in [4.69, 9.17) is 5.26 Å². The van der Waals surface area contributed by atoms with Gasteiger partial charge in [0.1, 0.15) is 11.5 Å². The first-order valence-electron chi connectivity index (χ1n) is 8.85. The van der Waals surface area contributed by atoms with Gasteiger partial charge in [0.2, 0.25) is 0 Å². The first-order valence-corrected chi connectivity index (χ1v) is 10.9. The smallest absolute Gasteiger partial charge is 0.280 e. The predicted octanol–water partition coefficient (Wildman–Crippen LogP) is 4.85. The monoisotopic (exact) mass is 426 g/mol. The summed E-state index contributed by atoms with van der Waals surface area (Å²) in [7, 11) is 0. The van der Waals surface area contributed by atoms with E-state index in [0.717, 1.165) is 10.6 Å². The number of carbonyl (C=O) groups excluding carboxylic acids is 1. The minimum atomic E-state index is -0.248. The van der Waals surface area contributed by atoms with Gasteiger partial charge >= 0.3 is 0 Å². The van der Waals surface area contributed by atoms with E-state index < -0.39 is 0 Å². The van der Waals surface area contributed by atoms with Crippen LogP contribution in [0.4, 0.5) is 15.2 Å². The number of anilines is 2. The van der Waals surface area contributed by atoms with E-state index in [1.54, 1.807) is 30.5 Å². The maximum atomic E-state index is 14.1. The summed E-state index contributed by atoms with van der Waals surface area (Å²) in [6.07, 6.45) is 2.25. The molecule has 0 radical (unpaired) electrons. The van der Waals surface area contributed by atoms with Gasteiger partial charge in [-0.25, -0.2) is 9.37 Å². The van der Waals surface area contributed by atoms with Crippen LogP contribution in [0.2, 0.25) is 0 Å². The number of nitrogens with one attached hydrogen (secondary N) is 1. The van der Waals surface area contributed by atoms with Gasteiger partial charge < -0.3 is 4.90 Å². The van der Waals surface area contributed by atoms with Crippen molar-refractivity contribution in [3.8, 4) is 6.07 Å². The quantitative estimate of drug-likeness (QED) is 0.547. The summed E-state index contributed by atoms with van der Waals surface area (Å²) in [5.74, 6) is -0.492. The van der Waals surface area contributed by atoms with E-state index in [1.165, 1.54) is 29.4 Å². The largest absolute Gasteiger partial charge is 0.317 e. The Balaban J connectivity index is 1.94. The average molecular weight is 427 g/mol. The summed E-state index contributed by atoms with van der Waals surface area (Å²) in [4.78, 5) is 19.5. The maximum Gasteiger partial charge on any atom is 0.280 e. The molecule has 0 saturated carbocycles. The van der Waals surface area contributed by atoms with Gasteiger partial charge in [-0.3, -0.25) is 9.52 Å². The van der Waals surface area contributed by atoms with Gasteiger partial charge in [-0.15, -0.1) is 11.3 Å². The number of hydrogen-bond acceptors (Lipinski definition) is 6. The van der Waals surface area contributed by atoms with Crippen molar-refractivity contribution in [1.29, 1.82) is 5.26 Å². The number of amides is 1. The Labute approximate surface area is 177 Å². The molecule has 3 rings (SSSR count). The molecule has 0 saturated heterocycles. The van der Waals surface area contributed by atoms with Crippen LogP contribution in [-0.4, -0.2) is 23.7 Å². The van der Waals surface area contributed by atoms with Gasteiger partial charge in [0.05, 0.1) is 11.6 Å². The number of hydrogen-bond donors (Lipinski definition) is 1. The van der Waals surface area contributed by atoms with Gasteiger partial charge in [0.25, 0.3) is 5.91 Å². The number of carbonyl (C=O) groups is 1. The number of rotatable bonds is 7. The fourth-order valence-corrected chi connectivity index (χ4v) is 4.07. The van der Waals surface area contributed by atoms with Gasteiger partial charge in [0, 0.05) is 23.4 Å². The molecule has 0 bridgehead atoms. The summed E-state index contributed by atoms with van der Waals surface area (Å²) >= 11 is 2.63. The summed E-state index contributed by atoms with van der Waals surface area (Å²) in [6, 6.07) is 15.9. The van der Waals surface area contributed by atoms with Crippen molar-refractivity contribution in [2.24, 2.45) is 0 Å². The summed E-state index contributed by atoms with van der Waals surface area (Å²) < 4.78 is 16.8. The Kier molecular flexibility index (Phi) is 6.86. The van der Waals surface area contributed by atoms with E-state index in [9.17, 15) is 9.18 Å². The number of benzene rings is 2. The number of thiazole rings is 1. The molecule has 0 aliphatic rings. The molecular formula is C21H19FN4OS2. The number of aryl methyl sites for hydroxylation is 1. The van der Waals surface area contributed by atoms with Crippen molar-refractivity contribution < 1.29 is 9.18 Å². The predicted molar refractivity (Wildman–Crippen MR) is 116 cm³/mol. The second-order valence-corrected chi connectivity index (χ2v) is 7.98. The Morgan fingerprint density at radius 1 is 1.28 bits per heavy atom. The SMILES string of the molecule is CSNC(=O)c1nc(N(CCc2ccccc2F)c2ccc(C#N)cc2)sc1C. The second kappa shape index (κ2) is 9.54. The van der Waals surface area contributed by atoms with Crippen molar-refractivity contribution in [2.75, 3.05) is 17.7 Å². The Morgan fingerprint density at radius 2 is 2.00 bits per heavy atom. The third-order valence-electron chi connectivity index (χ3n) is 4.30. The molecule has 1 aromatic heterocycles. The molecule has 8 heteroatoms. The van der Waals surface area contributed by atoms with E-state index >= 15 is 0 Å². The molecule has 2 aromatic carbocycles. The molecule has 0 atom stereocenters. The van der Waals surface area contributed by atoms with Gasteiger partial charge in [-0.05, 0) is 49.2 Å². The average Bonchev–Trinajstić information content (AvgIpc) is 3.11. The molecule has 0 fully saturated rings. The van der Waals surface area contributed by atoms with Crippen LogP contribution in [0, 0.1) is 24.1 Å². The number of aromatic nitrogens is 1. The number of halogens is 1. The number of nitrogens with zero attached hydrogens (tertiary/aromatic N) is 3. The number of nitriles is 1. The van der Waals surface area contributed by atoms with E-state index in [2.05, 4.69) is 15.8 Å². The highest BCUT2D eigenvalue weighted by Crippen LogP contribution is 2.32. The van der Waals surface area contributed by atoms with Crippen LogP contribution in [0.5, 0.6) is 0 Å². The summed E-state index contributed by atoms with van der Waals surface area (Å²) in [6.45, 7) is 2.33. The fourth-order valence-electron chi connectivity index (χ4n) is 2.83. The Morgan fingerprint density at radius 3 is 2.66 bits per heavy atom. The zero-order valence-electron chi connectivity index (χ0n) is 16.0. The molecule has 0 unspecified atom stereocenters. The van der Waals surface area contributed by atoms with Crippen LogP contribution >= 0.6 is 23.3 Å². The minimum absolute atomic E-state index is 0.244. The maximum absolute atomic E-state index is 14.1. The molecule has 3 aromatic rings. The second-order valence-electron chi connectivity index (χ2n) is 6.19. The van der Waals surface area contributed by atoms with E-state index in [-0.39, 0.29) is 11.7 Å². The minimum Gasteiger partial charge on any atom is -0.317 e. The first kappa shape index (κ1) is 20.8. The van der Waals surface area contributed by atoms with Crippen LogP contribution in [0.25, 0.3) is 0 Å². The highest BCUT2D eigenvalue weighted by atomic mass is 32.2. The van der Waals surface area contributed by atoms with Gasteiger partial charge in [0.15, 0.2) is 5.13 Å². The lowest BCUT2D eigenvalue weighted by Gasteiger charge is -2.22. The highest BCUT2D eigenvalue weighted by molar-refractivity contribution is 7.97. The Hall–Kier alpha value is -2.89. The van der Waals surface area contributed by atoms with Crippen molar-refractivity contribution in [2.45, 2.75) is 13.3 Å². The van der Waals surface area contributed by atoms with Crippen molar-refractivity contribution in [3.05, 3.63) is 76.0 Å². The lowest BCUT2D eigenvalue weighted by atomic mass is 10.1. The van der Waals surface area contributed by atoms with Crippen molar-refractivity contribution >= 4 is 40.0 Å². The van der Waals surface area contributed by atoms with Crippen LogP contribution in [-0.2, 0) is 6.42 Å². The zero-order valence-corrected chi connectivity index (χ0v) is 17.6. The van der Waals surface area contributed by atoms with E-state index in [1.807, 2.05) is 30.0 Å². The van der Waals surface area contributed by atoms with Crippen LogP contribution < -0.4 is 9.62 Å². The third kappa shape index (κ3) is 4.94. The molecule has 1 amide bonds. The summed E-state index contributed by atoms with van der Waals surface area (Å²) in [5, 5.41) is 9.70. The lowest BCUT2D eigenvalue weighted by Crippen LogP contribution is -2.21. The van der Waals surface area contributed by atoms with Crippen molar-refractivity contribution in [3.63, 3.8) is 0 Å². The Bertz CT molecular complexity index is 1040. The van der Waals surface area contributed by atoms with E-state index in [0.29, 0.717) is 34.9 Å². The summed E-state index contributed by atoms with van der Waals surface area (Å²) in [5.41, 5.74) is 2.37. The van der Waals surface area contributed by atoms with Crippen LogP contribution in [0.1, 0.15) is 26.5 Å². The van der Waals surface area contributed by atoms with Crippen LogP contribution in [0.15, 0.2) is 48.5 Å².